The molecule has 0 atom stereocenters. The number of rotatable bonds is 6. The highest BCUT2D eigenvalue weighted by Crippen LogP contribution is 2.14. The summed E-state index contributed by atoms with van der Waals surface area (Å²) >= 11 is 0. The Balaban J connectivity index is 1.95. The summed E-state index contributed by atoms with van der Waals surface area (Å²) in [5, 5.41) is 8.58. The number of carboxylic acids is 1. The van der Waals surface area contributed by atoms with Crippen molar-refractivity contribution in [1.82, 2.24) is 9.55 Å². The van der Waals surface area contributed by atoms with E-state index in [1.54, 1.807) is 36.5 Å². The van der Waals surface area contributed by atoms with Gasteiger partial charge in [0.15, 0.2) is 0 Å². The lowest BCUT2D eigenvalue weighted by molar-refractivity contribution is -0.131. The highest BCUT2D eigenvalue weighted by atomic mass is 16.5. The molecule has 1 aromatic carbocycles. The Hall–Kier alpha value is -2.89. The zero-order valence-electron chi connectivity index (χ0n) is 11.2. The molecule has 6 nitrogen and oxygen atoms in total. The van der Waals surface area contributed by atoms with Crippen LogP contribution in [0, 0.1) is 0 Å². The zero-order valence-corrected chi connectivity index (χ0v) is 11.2. The topological polar surface area (TPSA) is 81.4 Å². The lowest BCUT2D eigenvalue weighted by Gasteiger charge is -2.08. The number of ether oxygens (including phenoxy) is 1. The van der Waals surface area contributed by atoms with Crippen molar-refractivity contribution in [3.05, 3.63) is 64.8 Å². The van der Waals surface area contributed by atoms with E-state index < -0.39 is 5.97 Å². The van der Waals surface area contributed by atoms with Crippen molar-refractivity contribution in [2.24, 2.45) is 0 Å². The monoisotopic (exact) mass is 286 g/mol. The summed E-state index contributed by atoms with van der Waals surface area (Å²) in [5.74, 6) is -0.392. The highest BCUT2D eigenvalue weighted by Gasteiger charge is 1.98. The van der Waals surface area contributed by atoms with Crippen molar-refractivity contribution >= 4 is 12.0 Å². The third-order valence-electron chi connectivity index (χ3n) is 2.66. The van der Waals surface area contributed by atoms with E-state index in [1.165, 1.54) is 16.8 Å². The number of aromatic nitrogens is 2. The summed E-state index contributed by atoms with van der Waals surface area (Å²) in [7, 11) is 0. The first-order valence-corrected chi connectivity index (χ1v) is 6.30. The molecular weight excluding hydrogens is 272 g/mol. The minimum absolute atomic E-state index is 0.317. The predicted molar refractivity (Wildman–Crippen MR) is 77.1 cm³/mol. The third-order valence-corrected chi connectivity index (χ3v) is 2.66. The fourth-order valence-electron chi connectivity index (χ4n) is 1.69. The van der Waals surface area contributed by atoms with Gasteiger partial charge in [-0.2, -0.15) is 0 Å². The highest BCUT2D eigenvalue weighted by molar-refractivity contribution is 5.85. The zero-order chi connectivity index (χ0) is 15.1. The van der Waals surface area contributed by atoms with E-state index in [9.17, 15) is 9.59 Å². The average Bonchev–Trinajstić information content (AvgIpc) is 2.48. The minimum atomic E-state index is -1.00. The number of benzene rings is 1. The fourth-order valence-corrected chi connectivity index (χ4v) is 1.69. The van der Waals surface area contributed by atoms with Gasteiger partial charge in [-0.25, -0.2) is 14.6 Å². The van der Waals surface area contributed by atoms with E-state index in [4.69, 9.17) is 9.84 Å². The molecule has 0 aliphatic carbocycles. The maximum absolute atomic E-state index is 11.4. The molecule has 0 aliphatic heterocycles. The Morgan fingerprint density at radius 3 is 3.00 bits per heavy atom. The summed E-state index contributed by atoms with van der Waals surface area (Å²) in [4.78, 5) is 25.5. The van der Waals surface area contributed by atoms with Crippen molar-refractivity contribution in [2.45, 2.75) is 6.54 Å². The first-order chi connectivity index (χ1) is 10.1. The van der Waals surface area contributed by atoms with Gasteiger partial charge in [0, 0.05) is 18.5 Å². The Bertz CT molecular complexity index is 707. The van der Waals surface area contributed by atoms with Crippen molar-refractivity contribution < 1.29 is 14.6 Å². The summed E-state index contributed by atoms with van der Waals surface area (Å²) < 4.78 is 7.00. The van der Waals surface area contributed by atoms with Crippen LogP contribution in [0.2, 0.25) is 0 Å². The predicted octanol–water partition coefficient (Wildman–Crippen LogP) is 1.42. The number of carbonyl (C=O) groups is 1. The average molecular weight is 286 g/mol. The molecule has 0 fully saturated rings. The largest absolute Gasteiger partial charge is 0.492 e. The van der Waals surface area contributed by atoms with Gasteiger partial charge < -0.3 is 9.84 Å². The molecule has 2 rings (SSSR count). The summed E-state index contributed by atoms with van der Waals surface area (Å²) in [6, 6.07) is 8.72. The molecule has 1 N–H and O–H groups in total. The molecule has 108 valence electrons. The molecule has 1 heterocycles. The molecule has 6 heteroatoms. The van der Waals surface area contributed by atoms with Gasteiger partial charge in [0.2, 0.25) is 0 Å². The van der Waals surface area contributed by atoms with Gasteiger partial charge in [-0.15, -0.1) is 0 Å². The Morgan fingerprint density at radius 2 is 2.24 bits per heavy atom. The molecule has 0 amide bonds. The van der Waals surface area contributed by atoms with Gasteiger partial charge in [0.25, 0.3) is 0 Å². The quantitative estimate of drug-likeness (QED) is 0.812. The van der Waals surface area contributed by atoms with Gasteiger partial charge >= 0.3 is 11.7 Å². The molecule has 0 bridgehead atoms. The van der Waals surface area contributed by atoms with E-state index in [-0.39, 0.29) is 5.69 Å². The number of carboxylic acid groups (broad SMARTS) is 1. The number of hydrogen-bond donors (Lipinski definition) is 1. The maximum atomic E-state index is 11.4. The van der Waals surface area contributed by atoms with Crippen LogP contribution in [-0.2, 0) is 11.3 Å². The van der Waals surface area contributed by atoms with Gasteiger partial charge in [0.1, 0.15) is 12.4 Å². The van der Waals surface area contributed by atoms with Crippen LogP contribution >= 0.6 is 0 Å². The second-order valence-electron chi connectivity index (χ2n) is 4.19. The van der Waals surface area contributed by atoms with Gasteiger partial charge in [-0.3, -0.25) is 4.57 Å². The van der Waals surface area contributed by atoms with E-state index in [0.717, 1.165) is 11.6 Å². The van der Waals surface area contributed by atoms with Crippen molar-refractivity contribution in [2.75, 3.05) is 6.61 Å². The molecule has 21 heavy (non-hydrogen) atoms. The van der Waals surface area contributed by atoms with Crippen LogP contribution in [0.1, 0.15) is 5.56 Å². The first-order valence-electron chi connectivity index (χ1n) is 6.30. The van der Waals surface area contributed by atoms with E-state index in [0.29, 0.717) is 18.9 Å². The number of aliphatic carboxylic acids is 1. The molecule has 0 saturated carbocycles. The van der Waals surface area contributed by atoms with E-state index in [1.807, 2.05) is 0 Å². The fraction of sp³-hybridized carbons (Fsp3) is 0.133. The van der Waals surface area contributed by atoms with Crippen LogP contribution in [0.4, 0.5) is 0 Å². The van der Waals surface area contributed by atoms with Crippen LogP contribution < -0.4 is 10.4 Å². The third kappa shape index (κ3) is 4.61. The minimum Gasteiger partial charge on any atom is -0.492 e. The smallest absolute Gasteiger partial charge is 0.347 e. The van der Waals surface area contributed by atoms with Crippen molar-refractivity contribution in [3.8, 4) is 5.75 Å². The van der Waals surface area contributed by atoms with E-state index >= 15 is 0 Å². The molecule has 0 saturated heterocycles. The van der Waals surface area contributed by atoms with Crippen LogP contribution in [0.25, 0.3) is 6.08 Å². The molecule has 1 aromatic heterocycles. The summed E-state index contributed by atoms with van der Waals surface area (Å²) in [6.45, 7) is 0.708. The molecule has 0 unspecified atom stereocenters. The lowest BCUT2D eigenvalue weighted by Crippen LogP contribution is -2.24. The second-order valence-corrected chi connectivity index (χ2v) is 4.19. The molecule has 2 aromatic rings. The van der Waals surface area contributed by atoms with Gasteiger partial charge in [0.05, 0.1) is 6.54 Å². The number of nitrogens with zero attached hydrogens (tertiary/aromatic N) is 2. The van der Waals surface area contributed by atoms with Crippen molar-refractivity contribution in [1.29, 1.82) is 0 Å². The first kappa shape index (κ1) is 14.5. The summed E-state index contributed by atoms with van der Waals surface area (Å²) in [6.07, 6.45) is 5.64. The van der Waals surface area contributed by atoms with Crippen LogP contribution in [-0.4, -0.2) is 27.2 Å². The van der Waals surface area contributed by atoms with Gasteiger partial charge in [-0.1, -0.05) is 12.1 Å². The normalized spacial score (nSPS) is 10.7. The van der Waals surface area contributed by atoms with Gasteiger partial charge in [-0.05, 0) is 29.8 Å². The second kappa shape index (κ2) is 7.04. The van der Waals surface area contributed by atoms with E-state index in [2.05, 4.69) is 4.98 Å². The number of hydrogen-bond acceptors (Lipinski definition) is 4. The SMILES string of the molecule is O=C(O)C=Cc1cccc(OCCn2cccnc2=O)c1. The standard InChI is InChI=1S/C15H14N2O4/c18-14(19)6-5-12-3-1-4-13(11-12)21-10-9-17-8-2-7-16-15(17)20/h1-8,11H,9-10H2,(H,18,19). The molecular formula is C15H14N2O4. The van der Waals surface area contributed by atoms with Crippen molar-refractivity contribution in [3.63, 3.8) is 0 Å². The molecule has 0 spiro atoms. The lowest BCUT2D eigenvalue weighted by atomic mass is 10.2. The Labute approximate surface area is 121 Å². The van der Waals surface area contributed by atoms with Crippen LogP contribution in [0.3, 0.4) is 0 Å². The molecule has 0 aliphatic rings. The Kier molecular flexibility index (Phi) is 4.87. The summed E-state index contributed by atoms with van der Waals surface area (Å²) in [5.41, 5.74) is 0.410. The van der Waals surface area contributed by atoms with Crippen LogP contribution in [0.5, 0.6) is 5.75 Å². The Morgan fingerprint density at radius 1 is 1.38 bits per heavy atom. The van der Waals surface area contributed by atoms with Crippen LogP contribution in [0.15, 0.2) is 53.6 Å². The maximum Gasteiger partial charge on any atom is 0.347 e. The molecule has 0 radical (unpaired) electrons.